The number of fused-ring (bicyclic) bond motifs is 1. The number of rotatable bonds is 4. The van der Waals surface area contributed by atoms with E-state index < -0.39 is 5.54 Å². The molecule has 0 aromatic carbocycles. The first-order chi connectivity index (χ1) is 8.10. The molecule has 0 aromatic heterocycles. The third-order valence-corrected chi connectivity index (χ3v) is 4.64. The number of hydrogen-bond donors (Lipinski definition) is 2. The van der Waals surface area contributed by atoms with Gasteiger partial charge < -0.3 is 11.1 Å². The minimum absolute atomic E-state index is 0.0428. The van der Waals surface area contributed by atoms with Crippen LogP contribution < -0.4 is 11.1 Å². The standard InChI is InChI=1S/C13H25N3O/c1-3-13(14,4-2)12(17)15-10-7-9-16-8-5-6-11(10)16/h10-11H,3-9,14H2,1-2H3,(H,15,17). The van der Waals surface area contributed by atoms with Crippen molar-refractivity contribution in [2.45, 2.75) is 63.6 Å². The fourth-order valence-corrected chi connectivity index (χ4v) is 3.13. The summed E-state index contributed by atoms with van der Waals surface area (Å²) < 4.78 is 0. The van der Waals surface area contributed by atoms with Crippen LogP contribution in [0.4, 0.5) is 0 Å². The summed E-state index contributed by atoms with van der Waals surface area (Å²) >= 11 is 0. The fourth-order valence-electron chi connectivity index (χ4n) is 3.13. The first-order valence-corrected chi connectivity index (χ1v) is 6.94. The second kappa shape index (κ2) is 4.94. The number of carbonyl (C=O) groups excluding carboxylic acids is 1. The first-order valence-electron chi connectivity index (χ1n) is 6.94. The summed E-state index contributed by atoms with van der Waals surface area (Å²) in [6.45, 7) is 6.30. The molecule has 2 heterocycles. The van der Waals surface area contributed by atoms with Gasteiger partial charge >= 0.3 is 0 Å². The molecule has 0 aromatic rings. The summed E-state index contributed by atoms with van der Waals surface area (Å²) in [6, 6.07) is 0.892. The lowest BCUT2D eigenvalue weighted by Gasteiger charge is -2.29. The normalized spacial score (nSPS) is 29.4. The molecule has 2 unspecified atom stereocenters. The van der Waals surface area contributed by atoms with Gasteiger partial charge in [0.05, 0.1) is 5.54 Å². The van der Waals surface area contributed by atoms with Crippen molar-refractivity contribution in [3.63, 3.8) is 0 Å². The Labute approximate surface area is 104 Å². The van der Waals surface area contributed by atoms with E-state index in [4.69, 9.17) is 5.73 Å². The molecule has 0 bridgehead atoms. The highest BCUT2D eigenvalue weighted by Crippen LogP contribution is 2.28. The molecule has 0 aliphatic carbocycles. The van der Waals surface area contributed by atoms with Gasteiger partial charge in [0, 0.05) is 18.6 Å². The Hall–Kier alpha value is -0.610. The SMILES string of the molecule is CCC(N)(CC)C(=O)NC1CCN2CCCC12. The Bertz CT molecular complexity index is 288. The summed E-state index contributed by atoms with van der Waals surface area (Å²) in [5.41, 5.74) is 5.46. The van der Waals surface area contributed by atoms with E-state index in [1.54, 1.807) is 0 Å². The molecule has 2 saturated heterocycles. The number of carbonyl (C=O) groups is 1. The van der Waals surface area contributed by atoms with Crippen LogP contribution in [0.1, 0.15) is 46.0 Å². The number of nitrogens with two attached hydrogens (primary N) is 1. The largest absolute Gasteiger partial charge is 0.350 e. The highest BCUT2D eigenvalue weighted by Gasteiger charge is 2.40. The average Bonchev–Trinajstić information content (AvgIpc) is 2.92. The maximum atomic E-state index is 12.2. The molecule has 2 rings (SSSR count). The van der Waals surface area contributed by atoms with Gasteiger partial charge in [-0.15, -0.1) is 0 Å². The van der Waals surface area contributed by atoms with Gasteiger partial charge in [-0.3, -0.25) is 9.69 Å². The van der Waals surface area contributed by atoms with Crippen LogP contribution in [0, 0.1) is 0 Å². The van der Waals surface area contributed by atoms with E-state index in [0.29, 0.717) is 24.9 Å². The molecule has 3 N–H and O–H groups in total. The molecule has 1 amide bonds. The lowest BCUT2D eigenvalue weighted by molar-refractivity contribution is -0.127. The number of hydrogen-bond acceptors (Lipinski definition) is 3. The quantitative estimate of drug-likeness (QED) is 0.765. The number of nitrogens with zero attached hydrogens (tertiary/aromatic N) is 1. The third-order valence-electron chi connectivity index (χ3n) is 4.64. The predicted octanol–water partition coefficient (Wildman–Crippen LogP) is 0.857. The summed E-state index contributed by atoms with van der Waals surface area (Å²) in [6.07, 6.45) is 4.99. The zero-order valence-electron chi connectivity index (χ0n) is 11.0. The summed E-state index contributed by atoms with van der Waals surface area (Å²) in [5, 5.41) is 3.19. The lowest BCUT2D eigenvalue weighted by Crippen LogP contribution is -2.57. The van der Waals surface area contributed by atoms with Crippen molar-refractivity contribution < 1.29 is 4.79 Å². The van der Waals surface area contributed by atoms with Crippen LogP contribution in [-0.2, 0) is 4.79 Å². The summed E-state index contributed by atoms with van der Waals surface area (Å²) in [7, 11) is 0. The second-order valence-electron chi connectivity index (χ2n) is 5.48. The maximum absolute atomic E-state index is 12.2. The maximum Gasteiger partial charge on any atom is 0.240 e. The van der Waals surface area contributed by atoms with Crippen LogP contribution in [0.5, 0.6) is 0 Å². The Morgan fingerprint density at radius 2 is 2.06 bits per heavy atom. The van der Waals surface area contributed by atoms with Crippen molar-refractivity contribution in [3.05, 3.63) is 0 Å². The van der Waals surface area contributed by atoms with Crippen molar-refractivity contribution in [3.8, 4) is 0 Å². The van der Waals surface area contributed by atoms with E-state index >= 15 is 0 Å². The summed E-state index contributed by atoms with van der Waals surface area (Å²) in [5.74, 6) is 0.0428. The van der Waals surface area contributed by atoms with Crippen molar-refractivity contribution in [2.24, 2.45) is 5.73 Å². The zero-order valence-corrected chi connectivity index (χ0v) is 11.0. The first kappa shape index (κ1) is 12.8. The van der Waals surface area contributed by atoms with Gasteiger partial charge in [-0.2, -0.15) is 0 Å². The van der Waals surface area contributed by atoms with E-state index in [0.717, 1.165) is 13.0 Å². The minimum Gasteiger partial charge on any atom is -0.350 e. The van der Waals surface area contributed by atoms with Crippen molar-refractivity contribution in [2.75, 3.05) is 13.1 Å². The molecule has 2 fully saturated rings. The van der Waals surface area contributed by atoms with E-state index in [-0.39, 0.29) is 5.91 Å². The molecule has 2 aliphatic heterocycles. The van der Waals surface area contributed by atoms with Gasteiger partial charge in [0.2, 0.25) is 5.91 Å². The fraction of sp³-hybridized carbons (Fsp3) is 0.923. The molecule has 4 heteroatoms. The lowest BCUT2D eigenvalue weighted by atomic mass is 9.92. The van der Waals surface area contributed by atoms with Crippen molar-refractivity contribution in [1.82, 2.24) is 10.2 Å². The van der Waals surface area contributed by atoms with Crippen molar-refractivity contribution in [1.29, 1.82) is 0 Å². The molecule has 0 saturated carbocycles. The van der Waals surface area contributed by atoms with E-state index in [2.05, 4.69) is 10.2 Å². The van der Waals surface area contributed by atoms with E-state index in [1.807, 2.05) is 13.8 Å². The molecule has 2 aliphatic rings. The van der Waals surface area contributed by atoms with Crippen LogP contribution in [0.25, 0.3) is 0 Å². The highest BCUT2D eigenvalue weighted by molar-refractivity contribution is 5.86. The zero-order chi connectivity index (χ0) is 12.5. The Kier molecular flexibility index (Phi) is 3.73. The molecule has 4 nitrogen and oxygen atoms in total. The van der Waals surface area contributed by atoms with Gasteiger partial charge in [-0.05, 0) is 38.6 Å². The van der Waals surface area contributed by atoms with E-state index in [9.17, 15) is 4.79 Å². The van der Waals surface area contributed by atoms with Crippen LogP contribution in [0.15, 0.2) is 0 Å². The Morgan fingerprint density at radius 3 is 2.71 bits per heavy atom. The van der Waals surface area contributed by atoms with Gasteiger partial charge in [0.25, 0.3) is 0 Å². The van der Waals surface area contributed by atoms with Gasteiger partial charge in [-0.25, -0.2) is 0 Å². The van der Waals surface area contributed by atoms with Crippen LogP contribution in [-0.4, -0.2) is 41.5 Å². The highest BCUT2D eigenvalue weighted by atomic mass is 16.2. The van der Waals surface area contributed by atoms with Gasteiger partial charge in [0.1, 0.15) is 0 Å². The third kappa shape index (κ3) is 2.33. The monoisotopic (exact) mass is 239 g/mol. The van der Waals surface area contributed by atoms with E-state index in [1.165, 1.54) is 19.4 Å². The Balaban J connectivity index is 1.95. The molecular formula is C13H25N3O. The molecule has 98 valence electrons. The number of amides is 1. The van der Waals surface area contributed by atoms with Crippen molar-refractivity contribution >= 4 is 5.91 Å². The van der Waals surface area contributed by atoms with Gasteiger partial charge in [0.15, 0.2) is 0 Å². The minimum atomic E-state index is -0.675. The number of nitrogens with one attached hydrogen (secondary N) is 1. The molecule has 2 atom stereocenters. The molecule has 17 heavy (non-hydrogen) atoms. The smallest absolute Gasteiger partial charge is 0.240 e. The van der Waals surface area contributed by atoms with Gasteiger partial charge in [-0.1, -0.05) is 13.8 Å². The topological polar surface area (TPSA) is 58.4 Å². The molecule has 0 radical (unpaired) electrons. The second-order valence-corrected chi connectivity index (χ2v) is 5.48. The predicted molar refractivity (Wildman–Crippen MR) is 68.6 cm³/mol. The summed E-state index contributed by atoms with van der Waals surface area (Å²) in [4.78, 5) is 14.7. The molecular weight excluding hydrogens is 214 g/mol. The average molecular weight is 239 g/mol. The van der Waals surface area contributed by atoms with Crippen LogP contribution in [0.3, 0.4) is 0 Å². The van der Waals surface area contributed by atoms with Crippen LogP contribution >= 0.6 is 0 Å². The molecule has 0 spiro atoms. The Morgan fingerprint density at radius 1 is 1.35 bits per heavy atom. The van der Waals surface area contributed by atoms with Crippen LogP contribution in [0.2, 0.25) is 0 Å².